The minimum absolute atomic E-state index is 0.000894. The van der Waals surface area contributed by atoms with Crippen molar-refractivity contribution in [3.8, 4) is 0 Å². The normalized spacial score (nSPS) is 11.1. The van der Waals surface area contributed by atoms with Crippen LogP contribution in [0, 0.1) is 6.92 Å². The molecule has 0 aromatic carbocycles. The van der Waals surface area contributed by atoms with Crippen LogP contribution in [0.5, 0.6) is 0 Å². The van der Waals surface area contributed by atoms with Gasteiger partial charge in [-0.1, -0.05) is 5.16 Å². The lowest BCUT2D eigenvalue weighted by Gasteiger charge is -2.25. The van der Waals surface area contributed by atoms with E-state index in [-0.39, 0.29) is 12.4 Å². The van der Waals surface area contributed by atoms with E-state index >= 15 is 0 Å². The summed E-state index contributed by atoms with van der Waals surface area (Å²) in [5, 5.41) is 17.1. The maximum atomic E-state index is 11.6. The Morgan fingerprint density at radius 1 is 1.44 bits per heavy atom. The van der Waals surface area contributed by atoms with Crippen molar-refractivity contribution in [3.05, 3.63) is 5.82 Å². The Hall–Kier alpha value is -2.12. The molecule has 0 aliphatic carbocycles. The topological polar surface area (TPSA) is 117 Å². The number of aryl methyl sites for hydroxylation is 1. The summed E-state index contributed by atoms with van der Waals surface area (Å²) < 4.78 is 4.72. The van der Waals surface area contributed by atoms with Gasteiger partial charge in [-0.2, -0.15) is 4.98 Å². The zero-order chi connectivity index (χ0) is 13.8. The number of carboxylic acids is 1. The molecule has 3 N–H and O–H groups in total. The van der Waals surface area contributed by atoms with E-state index in [1.165, 1.54) is 0 Å². The van der Waals surface area contributed by atoms with Crippen LogP contribution < -0.4 is 10.6 Å². The predicted octanol–water partition coefficient (Wildman–Crippen LogP) is 1.14. The smallest absolute Gasteiger partial charge is 0.329 e. The fourth-order valence-electron chi connectivity index (χ4n) is 1.27. The predicted molar refractivity (Wildman–Crippen MR) is 62.1 cm³/mol. The molecule has 100 valence electrons. The van der Waals surface area contributed by atoms with Gasteiger partial charge in [0.05, 0.1) is 0 Å². The molecule has 8 nitrogen and oxygen atoms in total. The van der Waals surface area contributed by atoms with E-state index in [0.717, 1.165) is 0 Å². The monoisotopic (exact) mass is 256 g/mol. The fourth-order valence-corrected chi connectivity index (χ4v) is 1.27. The third-order valence-corrected chi connectivity index (χ3v) is 2.16. The third kappa shape index (κ3) is 4.81. The van der Waals surface area contributed by atoms with Crippen LogP contribution in [0.4, 0.5) is 10.8 Å². The Morgan fingerprint density at radius 2 is 2.11 bits per heavy atom. The van der Waals surface area contributed by atoms with E-state index < -0.39 is 17.5 Å². The molecule has 1 heterocycles. The van der Waals surface area contributed by atoms with Gasteiger partial charge in [-0.25, -0.2) is 4.79 Å². The molecule has 2 amide bonds. The lowest BCUT2D eigenvalue weighted by molar-refractivity contribution is -0.137. The number of carbonyl (C=O) groups is 2. The van der Waals surface area contributed by atoms with Crippen LogP contribution in [0.1, 0.15) is 32.5 Å². The minimum atomic E-state index is -0.905. The number of nitrogens with one attached hydrogen (secondary N) is 2. The molecule has 0 spiro atoms. The maximum absolute atomic E-state index is 11.6. The zero-order valence-electron chi connectivity index (χ0n) is 10.5. The average Bonchev–Trinajstić information content (AvgIpc) is 2.60. The molecule has 0 aliphatic rings. The maximum Gasteiger partial charge on any atom is 0.329 e. The van der Waals surface area contributed by atoms with Gasteiger partial charge in [0.1, 0.15) is 0 Å². The van der Waals surface area contributed by atoms with Gasteiger partial charge in [0.25, 0.3) is 0 Å². The van der Waals surface area contributed by atoms with Crippen LogP contribution in [-0.4, -0.2) is 32.8 Å². The summed E-state index contributed by atoms with van der Waals surface area (Å²) in [5.74, 6) is -0.492. The lowest BCUT2D eigenvalue weighted by atomic mass is 9.99. The molecule has 0 bridgehead atoms. The SMILES string of the molecule is Cc1noc(NC(=O)NC(C)(C)CCC(=O)O)n1. The lowest BCUT2D eigenvalue weighted by Crippen LogP contribution is -2.45. The van der Waals surface area contributed by atoms with Crippen molar-refractivity contribution in [1.82, 2.24) is 15.5 Å². The summed E-state index contributed by atoms with van der Waals surface area (Å²) in [6.45, 7) is 5.09. The number of hydrogen-bond acceptors (Lipinski definition) is 5. The number of hydrogen-bond donors (Lipinski definition) is 3. The number of rotatable bonds is 5. The van der Waals surface area contributed by atoms with Crippen molar-refractivity contribution < 1.29 is 19.2 Å². The molecule has 0 fully saturated rings. The second kappa shape index (κ2) is 5.48. The molecule has 0 unspecified atom stereocenters. The molecule has 0 atom stereocenters. The molecule has 0 saturated heterocycles. The fraction of sp³-hybridized carbons (Fsp3) is 0.600. The van der Waals surface area contributed by atoms with Gasteiger partial charge in [-0.15, -0.1) is 0 Å². The van der Waals surface area contributed by atoms with Gasteiger partial charge >= 0.3 is 18.0 Å². The van der Waals surface area contributed by atoms with Crippen molar-refractivity contribution in [3.63, 3.8) is 0 Å². The molecule has 18 heavy (non-hydrogen) atoms. The van der Waals surface area contributed by atoms with E-state index in [9.17, 15) is 9.59 Å². The summed E-state index contributed by atoms with van der Waals surface area (Å²) in [5.41, 5.74) is -0.641. The molecule has 0 aliphatic heterocycles. The van der Waals surface area contributed by atoms with Crippen LogP contribution in [0.25, 0.3) is 0 Å². The largest absolute Gasteiger partial charge is 0.481 e. The second-order valence-electron chi connectivity index (χ2n) is 4.50. The van der Waals surface area contributed by atoms with Crippen LogP contribution in [0.3, 0.4) is 0 Å². The van der Waals surface area contributed by atoms with E-state index in [1.54, 1.807) is 20.8 Å². The van der Waals surface area contributed by atoms with Crippen molar-refractivity contribution in [1.29, 1.82) is 0 Å². The number of aromatic nitrogens is 2. The molecule has 0 radical (unpaired) electrons. The van der Waals surface area contributed by atoms with Gasteiger partial charge in [0, 0.05) is 12.0 Å². The highest BCUT2D eigenvalue weighted by atomic mass is 16.5. The molecule has 1 aromatic heterocycles. The summed E-state index contributed by atoms with van der Waals surface area (Å²) >= 11 is 0. The molecular weight excluding hydrogens is 240 g/mol. The van der Waals surface area contributed by atoms with E-state index in [2.05, 4.69) is 20.8 Å². The number of carboxylic acid groups (broad SMARTS) is 1. The van der Waals surface area contributed by atoms with Gasteiger partial charge in [-0.05, 0) is 27.2 Å². The molecule has 1 rings (SSSR count). The van der Waals surface area contributed by atoms with Crippen molar-refractivity contribution in [2.24, 2.45) is 0 Å². The number of aliphatic carboxylic acids is 1. The number of urea groups is 1. The third-order valence-electron chi connectivity index (χ3n) is 2.16. The minimum Gasteiger partial charge on any atom is -0.481 e. The summed E-state index contributed by atoms with van der Waals surface area (Å²) in [4.78, 5) is 25.9. The first-order valence-electron chi connectivity index (χ1n) is 5.40. The van der Waals surface area contributed by atoms with Gasteiger partial charge < -0.3 is 14.9 Å². The second-order valence-corrected chi connectivity index (χ2v) is 4.50. The van der Waals surface area contributed by atoms with E-state index in [4.69, 9.17) is 9.63 Å². The number of amides is 2. The van der Waals surface area contributed by atoms with Crippen molar-refractivity contribution in [2.45, 2.75) is 39.2 Å². The number of anilines is 1. The highest BCUT2D eigenvalue weighted by Gasteiger charge is 2.22. The average molecular weight is 256 g/mol. The standard InChI is InChI=1S/C10H16N4O4/c1-6-11-9(18-14-6)12-8(17)13-10(2,3)5-4-7(15)16/h4-5H2,1-3H3,(H,15,16)(H2,11,12,13,14,17). The van der Waals surface area contributed by atoms with Crippen LogP contribution in [0.15, 0.2) is 4.52 Å². The summed E-state index contributed by atoms with van der Waals surface area (Å²) in [7, 11) is 0. The van der Waals surface area contributed by atoms with Crippen LogP contribution >= 0.6 is 0 Å². The van der Waals surface area contributed by atoms with E-state index in [1.807, 2.05) is 0 Å². The van der Waals surface area contributed by atoms with Crippen LogP contribution in [0.2, 0.25) is 0 Å². The van der Waals surface area contributed by atoms with Crippen LogP contribution in [-0.2, 0) is 4.79 Å². The summed E-state index contributed by atoms with van der Waals surface area (Å²) in [6, 6.07) is -0.520. The molecule has 0 saturated carbocycles. The first-order chi connectivity index (χ1) is 8.28. The van der Waals surface area contributed by atoms with Crippen molar-refractivity contribution in [2.75, 3.05) is 5.32 Å². The number of nitrogens with zero attached hydrogens (tertiary/aromatic N) is 2. The van der Waals surface area contributed by atoms with E-state index in [0.29, 0.717) is 12.2 Å². The Bertz CT molecular complexity index is 441. The highest BCUT2D eigenvalue weighted by Crippen LogP contribution is 2.11. The Labute approximate surface area is 104 Å². The zero-order valence-corrected chi connectivity index (χ0v) is 10.5. The first-order valence-corrected chi connectivity index (χ1v) is 5.40. The first kappa shape index (κ1) is 13.9. The highest BCUT2D eigenvalue weighted by molar-refractivity contribution is 5.87. The molecule has 1 aromatic rings. The summed E-state index contributed by atoms with van der Waals surface area (Å²) in [6.07, 6.45) is 0.297. The number of carbonyl (C=O) groups excluding carboxylic acids is 1. The van der Waals surface area contributed by atoms with Gasteiger partial charge in [0.15, 0.2) is 5.82 Å². The van der Waals surface area contributed by atoms with Gasteiger partial charge in [0.2, 0.25) is 0 Å². The van der Waals surface area contributed by atoms with Gasteiger partial charge in [-0.3, -0.25) is 10.1 Å². The Balaban J connectivity index is 2.45. The molecular formula is C10H16N4O4. The quantitative estimate of drug-likeness (QED) is 0.727. The molecule has 8 heteroatoms. The Kier molecular flexibility index (Phi) is 4.24. The van der Waals surface area contributed by atoms with Crippen molar-refractivity contribution >= 4 is 18.0 Å². The Morgan fingerprint density at radius 3 is 2.61 bits per heavy atom.